The molecule has 0 fully saturated rings. The van der Waals surface area contributed by atoms with Crippen LogP contribution in [0.5, 0.6) is 5.75 Å². The molecule has 0 aliphatic rings. The Bertz CT molecular complexity index is 639. The SMILES string of the molecule is CCc1cccc(OCc2nc(CCOC)sc2C(=O)O)c1. The van der Waals surface area contributed by atoms with Crippen LogP contribution in [-0.4, -0.2) is 29.8 Å². The minimum absolute atomic E-state index is 0.151. The summed E-state index contributed by atoms with van der Waals surface area (Å²) in [5, 5.41) is 10.0. The lowest BCUT2D eigenvalue weighted by Gasteiger charge is -2.06. The highest BCUT2D eigenvalue weighted by molar-refractivity contribution is 7.13. The van der Waals surface area contributed by atoms with Crippen molar-refractivity contribution in [3.8, 4) is 5.75 Å². The second kappa shape index (κ2) is 7.91. The number of aryl methyl sites for hydroxylation is 1. The Morgan fingerprint density at radius 1 is 1.41 bits per heavy atom. The predicted molar refractivity (Wildman–Crippen MR) is 84.8 cm³/mol. The summed E-state index contributed by atoms with van der Waals surface area (Å²) in [5.74, 6) is -0.246. The van der Waals surface area contributed by atoms with Gasteiger partial charge in [-0.2, -0.15) is 0 Å². The normalized spacial score (nSPS) is 10.6. The molecule has 2 rings (SSSR count). The van der Waals surface area contributed by atoms with E-state index >= 15 is 0 Å². The van der Waals surface area contributed by atoms with Crippen LogP contribution in [0.15, 0.2) is 24.3 Å². The molecule has 6 heteroatoms. The number of thiazole rings is 1. The number of carboxylic acid groups (broad SMARTS) is 1. The molecular formula is C16H19NO4S. The molecule has 1 heterocycles. The standard InChI is InChI=1S/C16H19NO4S/c1-3-11-5-4-6-12(9-11)21-10-13-15(16(18)19)22-14(17-13)7-8-20-2/h4-6,9H,3,7-8,10H2,1-2H3,(H,18,19). The van der Waals surface area contributed by atoms with E-state index < -0.39 is 5.97 Å². The average Bonchev–Trinajstić information content (AvgIpc) is 2.94. The number of ether oxygens (including phenoxy) is 2. The fraction of sp³-hybridized carbons (Fsp3) is 0.375. The Morgan fingerprint density at radius 3 is 2.91 bits per heavy atom. The van der Waals surface area contributed by atoms with Crippen LogP contribution in [0.25, 0.3) is 0 Å². The zero-order valence-electron chi connectivity index (χ0n) is 12.7. The molecule has 0 aliphatic heterocycles. The summed E-state index contributed by atoms with van der Waals surface area (Å²) < 4.78 is 10.7. The third kappa shape index (κ3) is 4.29. The number of hydrogen-bond acceptors (Lipinski definition) is 5. The molecule has 1 aromatic heterocycles. The topological polar surface area (TPSA) is 68.7 Å². The lowest BCUT2D eigenvalue weighted by atomic mass is 10.2. The van der Waals surface area contributed by atoms with Gasteiger partial charge in [-0.1, -0.05) is 19.1 Å². The fourth-order valence-electron chi connectivity index (χ4n) is 1.97. The van der Waals surface area contributed by atoms with Gasteiger partial charge in [0.15, 0.2) is 0 Å². The number of carbonyl (C=O) groups is 1. The Morgan fingerprint density at radius 2 is 2.23 bits per heavy atom. The number of carboxylic acids is 1. The van der Waals surface area contributed by atoms with Gasteiger partial charge >= 0.3 is 5.97 Å². The molecule has 0 unspecified atom stereocenters. The first-order valence-corrected chi connectivity index (χ1v) is 7.88. The van der Waals surface area contributed by atoms with Crippen LogP contribution in [0.4, 0.5) is 0 Å². The van der Waals surface area contributed by atoms with Crippen LogP contribution in [0.2, 0.25) is 0 Å². The minimum atomic E-state index is -0.970. The molecule has 118 valence electrons. The molecule has 22 heavy (non-hydrogen) atoms. The van der Waals surface area contributed by atoms with Crippen LogP contribution in [-0.2, 0) is 24.2 Å². The summed E-state index contributed by atoms with van der Waals surface area (Å²) in [4.78, 5) is 15.9. The largest absolute Gasteiger partial charge is 0.487 e. The highest BCUT2D eigenvalue weighted by atomic mass is 32.1. The van der Waals surface area contributed by atoms with E-state index in [-0.39, 0.29) is 11.5 Å². The maximum absolute atomic E-state index is 11.3. The lowest BCUT2D eigenvalue weighted by molar-refractivity contribution is 0.0699. The summed E-state index contributed by atoms with van der Waals surface area (Å²) in [6.45, 7) is 2.74. The van der Waals surface area contributed by atoms with E-state index in [0.717, 1.165) is 17.2 Å². The zero-order chi connectivity index (χ0) is 15.9. The molecular weight excluding hydrogens is 302 g/mol. The second-order valence-electron chi connectivity index (χ2n) is 4.72. The summed E-state index contributed by atoms with van der Waals surface area (Å²) in [6.07, 6.45) is 1.53. The van der Waals surface area contributed by atoms with Crippen molar-refractivity contribution in [2.45, 2.75) is 26.4 Å². The van der Waals surface area contributed by atoms with Crippen molar-refractivity contribution in [2.24, 2.45) is 0 Å². The minimum Gasteiger partial charge on any atom is -0.487 e. The Balaban J connectivity index is 2.10. The van der Waals surface area contributed by atoms with Crippen molar-refractivity contribution in [1.29, 1.82) is 0 Å². The molecule has 1 aromatic carbocycles. The first kappa shape index (κ1) is 16.5. The molecule has 5 nitrogen and oxygen atoms in total. The summed E-state index contributed by atoms with van der Waals surface area (Å²) in [6, 6.07) is 7.77. The number of aromatic carboxylic acids is 1. The van der Waals surface area contributed by atoms with Gasteiger partial charge < -0.3 is 14.6 Å². The highest BCUT2D eigenvalue weighted by Crippen LogP contribution is 2.22. The van der Waals surface area contributed by atoms with E-state index in [1.54, 1.807) is 7.11 Å². The predicted octanol–water partition coefficient (Wildman–Crippen LogP) is 3.17. The van der Waals surface area contributed by atoms with E-state index in [9.17, 15) is 9.90 Å². The quantitative estimate of drug-likeness (QED) is 0.809. The highest BCUT2D eigenvalue weighted by Gasteiger charge is 2.17. The van der Waals surface area contributed by atoms with Crippen molar-refractivity contribution < 1.29 is 19.4 Å². The Hall–Kier alpha value is -1.92. The molecule has 1 N–H and O–H groups in total. The first-order valence-electron chi connectivity index (χ1n) is 7.06. The van der Waals surface area contributed by atoms with Gasteiger partial charge in [-0.15, -0.1) is 11.3 Å². The summed E-state index contributed by atoms with van der Waals surface area (Å²) >= 11 is 1.18. The van der Waals surface area contributed by atoms with E-state index in [0.29, 0.717) is 18.7 Å². The van der Waals surface area contributed by atoms with Crippen LogP contribution in [0, 0.1) is 0 Å². The van der Waals surface area contributed by atoms with E-state index in [2.05, 4.69) is 11.9 Å². The molecule has 0 spiro atoms. The Kier molecular flexibility index (Phi) is 5.91. The van der Waals surface area contributed by atoms with E-state index in [4.69, 9.17) is 9.47 Å². The van der Waals surface area contributed by atoms with Crippen molar-refractivity contribution in [3.05, 3.63) is 45.4 Å². The number of aromatic nitrogens is 1. The van der Waals surface area contributed by atoms with Gasteiger partial charge in [-0.3, -0.25) is 0 Å². The van der Waals surface area contributed by atoms with Gasteiger partial charge in [0.25, 0.3) is 0 Å². The lowest BCUT2D eigenvalue weighted by Crippen LogP contribution is -2.03. The third-order valence-corrected chi connectivity index (χ3v) is 4.28. The molecule has 0 aliphatic carbocycles. The fourth-order valence-corrected chi connectivity index (χ4v) is 2.86. The Labute approximate surface area is 133 Å². The average molecular weight is 321 g/mol. The van der Waals surface area contributed by atoms with Gasteiger partial charge in [-0.05, 0) is 24.1 Å². The third-order valence-electron chi connectivity index (χ3n) is 3.14. The zero-order valence-corrected chi connectivity index (χ0v) is 13.5. The molecule has 0 saturated carbocycles. The van der Waals surface area contributed by atoms with Gasteiger partial charge in [0, 0.05) is 13.5 Å². The van der Waals surface area contributed by atoms with E-state index in [1.165, 1.54) is 16.9 Å². The molecule has 0 radical (unpaired) electrons. The number of benzene rings is 1. The monoisotopic (exact) mass is 321 g/mol. The van der Waals surface area contributed by atoms with Crippen LogP contribution in [0.3, 0.4) is 0 Å². The van der Waals surface area contributed by atoms with Crippen LogP contribution < -0.4 is 4.74 Å². The molecule has 0 atom stereocenters. The van der Waals surface area contributed by atoms with Crippen molar-refractivity contribution in [2.75, 3.05) is 13.7 Å². The smallest absolute Gasteiger partial charge is 0.347 e. The summed E-state index contributed by atoms with van der Waals surface area (Å²) in [5.41, 5.74) is 1.64. The van der Waals surface area contributed by atoms with Crippen molar-refractivity contribution >= 4 is 17.3 Å². The van der Waals surface area contributed by atoms with Gasteiger partial charge in [-0.25, -0.2) is 9.78 Å². The molecule has 0 saturated heterocycles. The van der Waals surface area contributed by atoms with Crippen LogP contribution >= 0.6 is 11.3 Å². The number of rotatable bonds is 8. The van der Waals surface area contributed by atoms with Gasteiger partial charge in [0.2, 0.25) is 0 Å². The van der Waals surface area contributed by atoms with Crippen molar-refractivity contribution in [3.63, 3.8) is 0 Å². The maximum atomic E-state index is 11.3. The molecule has 0 amide bonds. The van der Waals surface area contributed by atoms with Crippen LogP contribution in [0.1, 0.15) is 32.9 Å². The number of hydrogen-bond donors (Lipinski definition) is 1. The molecule has 2 aromatic rings. The first-order chi connectivity index (χ1) is 10.6. The maximum Gasteiger partial charge on any atom is 0.347 e. The number of methoxy groups -OCH3 is 1. The number of nitrogens with zero attached hydrogens (tertiary/aromatic N) is 1. The summed E-state index contributed by atoms with van der Waals surface area (Å²) in [7, 11) is 1.61. The van der Waals surface area contributed by atoms with Crippen molar-refractivity contribution in [1.82, 2.24) is 4.98 Å². The van der Waals surface area contributed by atoms with Gasteiger partial charge in [0.1, 0.15) is 22.9 Å². The van der Waals surface area contributed by atoms with E-state index in [1.807, 2.05) is 24.3 Å². The second-order valence-corrected chi connectivity index (χ2v) is 5.80. The molecule has 0 bridgehead atoms. The van der Waals surface area contributed by atoms with Gasteiger partial charge in [0.05, 0.1) is 11.6 Å².